The fourth-order valence-corrected chi connectivity index (χ4v) is 3.40. The average Bonchev–Trinajstić information content (AvgIpc) is 2.83. The molecule has 0 saturated carbocycles. The van der Waals surface area contributed by atoms with Gasteiger partial charge in [-0.2, -0.15) is 5.10 Å². The molecule has 0 radical (unpaired) electrons. The summed E-state index contributed by atoms with van der Waals surface area (Å²) in [6.45, 7) is 2.03. The van der Waals surface area contributed by atoms with E-state index in [1.807, 2.05) is 55.5 Å². The van der Waals surface area contributed by atoms with Crippen molar-refractivity contribution in [2.24, 2.45) is 5.10 Å². The van der Waals surface area contributed by atoms with Gasteiger partial charge in [0.25, 0.3) is 5.91 Å². The lowest BCUT2D eigenvalue weighted by atomic mass is 10.0. The Morgan fingerprint density at radius 2 is 1.75 bits per heavy atom. The number of hydrogen-bond acceptors (Lipinski definition) is 5. The Labute approximate surface area is 186 Å². The van der Waals surface area contributed by atoms with Gasteiger partial charge in [0.15, 0.2) is 0 Å². The van der Waals surface area contributed by atoms with E-state index in [-0.39, 0.29) is 5.91 Å². The second-order valence-corrected chi connectivity index (χ2v) is 7.25. The van der Waals surface area contributed by atoms with Crippen LogP contribution in [0.5, 0.6) is 11.5 Å². The van der Waals surface area contributed by atoms with Crippen molar-refractivity contribution in [3.63, 3.8) is 0 Å². The Hall–Kier alpha value is -4.19. The number of aromatic nitrogens is 1. The number of nitrogens with zero attached hydrogens (tertiary/aromatic N) is 2. The fraction of sp³-hybridized carbons (Fsp3) is 0.115. The first kappa shape index (κ1) is 21.1. The van der Waals surface area contributed by atoms with Crippen molar-refractivity contribution in [2.75, 3.05) is 14.2 Å². The molecule has 6 heteroatoms. The number of carbonyl (C=O) groups is 1. The van der Waals surface area contributed by atoms with E-state index in [1.54, 1.807) is 38.5 Å². The minimum Gasteiger partial charge on any atom is -0.497 e. The van der Waals surface area contributed by atoms with Crippen LogP contribution in [0.25, 0.3) is 22.2 Å². The highest BCUT2D eigenvalue weighted by Gasteiger charge is 2.13. The Morgan fingerprint density at radius 3 is 2.50 bits per heavy atom. The molecule has 1 aromatic heterocycles. The van der Waals surface area contributed by atoms with Gasteiger partial charge in [-0.15, -0.1) is 0 Å². The van der Waals surface area contributed by atoms with Crippen LogP contribution in [0, 0.1) is 6.92 Å². The quantitative estimate of drug-likeness (QED) is 0.349. The summed E-state index contributed by atoms with van der Waals surface area (Å²) < 4.78 is 10.6. The normalized spacial score (nSPS) is 11.0. The summed E-state index contributed by atoms with van der Waals surface area (Å²) in [5, 5.41) is 4.90. The molecular weight excluding hydrogens is 402 g/mol. The van der Waals surface area contributed by atoms with Crippen LogP contribution in [0.1, 0.15) is 21.5 Å². The third kappa shape index (κ3) is 4.44. The zero-order chi connectivity index (χ0) is 22.5. The molecule has 0 fully saturated rings. The van der Waals surface area contributed by atoms with E-state index in [0.717, 1.165) is 27.7 Å². The van der Waals surface area contributed by atoms with Crippen LogP contribution in [0.2, 0.25) is 0 Å². The average molecular weight is 425 g/mol. The Kier molecular flexibility index (Phi) is 6.12. The number of carbonyl (C=O) groups excluding carboxylic acids is 1. The molecule has 0 atom stereocenters. The van der Waals surface area contributed by atoms with E-state index in [4.69, 9.17) is 14.5 Å². The number of hydrazone groups is 1. The standard InChI is InChI=1S/C26H23N3O3/c1-17-8-10-18(11-9-17)24-15-22(21-6-4-5-7-23(21)28-24)26(30)29-27-16-19-14-20(31-2)12-13-25(19)32-3/h4-16H,1-3H3,(H,29,30). The number of hydrogen-bond donors (Lipinski definition) is 1. The molecule has 0 aliphatic carbocycles. The van der Waals surface area contributed by atoms with Gasteiger partial charge in [-0.1, -0.05) is 48.0 Å². The van der Waals surface area contributed by atoms with Crippen LogP contribution in [0.4, 0.5) is 0 Å². The summed E-state index contributed by atoms with van der Waals surface area (Å²) in [4.78, 5) is 17.8. The van der Waals surface area contributed by atoms with E-state index in [2.05, 4.69) is 10.5 Å². The Balaban J connectivity index is 1.66. The summed E-state index contributed by atoms with van der Waals surface area (Å²) in [5.74, 6) is 0.969. The minimum absolute atomic E-state index is 0.324. The lowest BCUT2D eigenvalue weighted by molar-refractivity contribution is 0.0956. The highest BCUT2D eigenvalue weighted by molar-refractivity contribution is 6.07. The van der Waals surface area contributed by atoms with Gasteiger partial charge in [0, 0.05) is 16.5 Å². The predicted octanol–water partition coefficient (Wildman–Crippen LogP) is 4.99. The van der Waals surface area contributed by atoms with Crippen LogP contribution >= 0.6 is 0 Å². The van der Waals surface area contributed by atoms with Gasteiger partial charge in [0.1, 0.15) is 11.5 Å². The molecular formula is C26H23N3O3. The molecule has 1 N–H and O–H groups in total. The van der Waals surface area contributed by atoms with Crippen molar-refractivity contribution >= 4 is 23.0 Å². The minimum atomic E-state index is -0.324. The zero-order valence-corrected chi connectivity index (χ0v) is 18.1. The molecule has 0 unspecified atom stereocenters. The van der Waals surface area contributed by atoms with Gasteiger partial charge in [0.05, 0.1) is 37.2 Å². The van der Waals surface area contributed by atoms with E-state index >= 15 is 0 Å². The molecule has 0 aliphatic heterocycles. The Morgan fingerprint density at radius 1 is 0.969 bits per heavy atom. The van der Waals surface area contributed by atoms with Crippen molar-refractivity contribution in [3.8, 4) is 22.8 Å². The number of aryl methyl sites for hydroxylation is 1. The zero-order valence-electron chi connectivity index (χ0n) is 18.1. The molecule has 4 aromatic rings. The van der Waals surface area contributed by atoms with Crippen molar-refractivity contribution < 1.29 is 14.3 Å². The highest BCUT2D eigenvalue weighted by atomic mass is 16.5. The predicted molar refractivity (Wildman–Crippen MR) is 127 cm³/mol. The summed E-state index contributed by atoms with van der Waals surface area (Å²) in [5.41, 5.74) is 7.39. The van der Waals surface area contributed by atoms with E-state index in [9.17, 15) is 4.79 Å². The van der Waals surface area contributed by atoms with Crippen LogP contribution in [-0.2, 0) is 0 Å². The third-order valence-electron chi connectivity index (χ3n) is 5.11. The first-order valence-corrected chi connectivity index (χ1v) is 10.1. The van der Waals surface area contributed by atoms with E-state index in [1.165, 1.54) is 6.21 Å². The maximum atomic E-state index is 13.1. The van der Waals surface area contributed by atoms with Crippen LogP contribution in [-0.4, -0.2) is 31.3 Å². The summed E-state index contributed by atoms with van der Waals surface area (Å²) >= 11 is 0. The molecule has 6 nitrogen and oxygen atoms in total. The van der Waals surface area contributed by atoms with E-state index in [0.29, 0.717) is 22.6 Å². The molecule has 1 amide bonds. The van der Waals surface area contributed by atoms with Crippen molar-refractivity contribution in [1.82, 2.24) is 10.4 Å². The van der Waals surface area contributed by atoms with Gasteiger partial charge >= 0.3 is 0 Å². The summed E-state index contributed by atoms with van der Waals surface area (Å²) in [6.07, 6.45) is 1.53. The van der Waals surface area contributed by atoms with Gasteiger partial charge < -0.3 is 9.47 Å². The van der Waals surface area contributed by atoms with Crippen molar-refractivity contribution in [2.45, 2.75) is 6.92 Å². The number of methoxy groups -OCH3 is 2. The van der Waals surface area contributed by atoms with Crippen LogP contribution in [0.3, 0.4) is 0 Å². The van der Waals surface area contributed by atoms with Gasteiger partial charge in [0.2, 0.25) is 0 Å². The lowest BCUT2D eigenvalue weighted by Gasteiger charge is -2.09. The number of ether oxygens (including phenoxy) is 2. The number of benzene rings is 3. The first-order valence-electron chi connectivity index (χ1n) is 10.1. The van der Waals surface area contributed by atoms with Crippen molar-refractivity contribution in [3.05, 3.63) is 89.5 Å². The lowest BCUT2D eigenvalue weighted by Crippen LogP contribution is -2.18. The topological polar surface area (TPSA) is 72.8 Å². The first-order chi connectivity index (χ1) is 15.6. The molecule has 0 spiro atoms. The molecule has 3 aromatic carbocycles. The number of rotatable bonds is 6. The third-order valence-corrected chi connectivity index (χ3v) is 5.11. The smallest absolute Gasteiger partial charge is 0.272 e. The number of para-hydroxylation sites is 1. The molecule has 0 saturated heterocycles. The summed E-state index contributed by atoms with van der Waals surface area (Å²) in [6, 6.07) is 22.8. The highest BCUT2D eigenvalue weighted by Crippen LogP contribution is 2.25. The van der Waals surface area contributed by atoms with E-state index < -0.39 is 0 Å². The SMILES string of the molecule is COc1ccc(OC)c(C=NNC(=O)c2cc(-c3ccc(C)cc3)nc3ccccc23)c1. The molecule has 4 rings (SSSR count). The second-order valence-electron chi connectivity index (χ2n) is 7.25. The van der Waals surface area contributed by atoms with Gasteiger partial charge in [-0.25, -0.2) is 10.4 Å². The molecule has 1 heterocycles. The Bertz CT molecular complexity index is 1300. The van der Waals surface area contributed by atoms with Crippen LogP contribution in [0.15, 0.2) is 77.9 Å². The fourth-order valence-electron chi connectivity index (χ4n) is 3.40. The van der Waals surface area contributed by atoms with Gasteiger partial charge in [-0.05, 0) is 37.3 Å². The van der Waals surface area contributed by atoms with Gasteiger partial charge in [-0.3, -0.25) is 4.79 Å². The number of pyridine rings is 1. The largest absolute Gasteiger partial charge is 0.497 e. The monoisotopic (exact) mass is 425 g/mol. The molecule has 0 aliphatic rings. The maximum absolute atomic E-state index is 13.1. The number of amides is 1. The molecule has 32 heavy (non-hydrogen) atoms. The number of nitrogens with one attached hydrogen (secondary N) is 1. The second kappa shape index (κ2) is 9.31. The molecule has 160 valence electrons. The number of fused-ring (bicyclic) bond motifs is 1. The molecule has 0 bridgehead atoms. The van der Waals surface area contributed by atoms with Crippen molar-refractivity contribution in [1.29, 1.82) is 0 Å². The van der Waals surface area contributed by atoms with Crippen LogP contribution < -0.4 is 14.9 Å². The maximum Gasteiger partial charge on any atom is 0.272 e. The summed E-state index contributed by atoms with van der Waals surface area (Å²) in [7, 11) is 3.16.